The van der Waals surface area contributed by atoms with E-state index >= 15 is 0 Å². The highest BCUT2D eigenvalue weighted by Gasteiger charge is 2.11. The average molecular weight is 301 g/mol. The molecule has 20 heavy (non-hydrogen) atoms. The lowest BCUT2D eigenvalue weighted by Gasteiger charge is -2.17. The van der Waals surface area contributed by atoms with Gasteiger partial charge in [0.1, 0.15) is 12.4 Å². The monoisotopic (exact) mass is 300 g/mol. The zero-order valence-electron chi connectivity index (χ0n) is 13.3. The first-order chi connectivity index (χ1) is 9.29. The van der Waals surface area contributed by atoms with E-state index in [0.717, 1.165) is 35.1 Å². The van der Waals surface area contributed by atoms with Crippen LogP contribution in [0.2, 0.25) is 5.02 Å². The molecular weight excluding hydrogens is 274 g/mol. The largest absolute Gasteiger partial charge is 0.491 e. The fourth-order valence-electron chi connectivity index (χ4n) is 2.01. The van der Waals surface area contributed by atoms with Gasteiger partial charge in [-0.15, -0.1) is 0 Å². The summed E-state index contributed by atoms with van der Waals surface area (Å²) >= 11 is 5.99. The van der Waals surface area contributed by atoms with Crippen molar-refractivity contribution in [2.75, 3.05) is 26.4 Å². The summed E-state index contributed by atoms with van der Waals surface area (Å²) in [7, 11) is 0. The molecule has 0 aliphatic rings. The molecule has 0 heterocycles. The summed E-state index contributed by atoms with van der Waals surface area (Å²) < 4.78 is 11.3. The van der Waals surface area contributed by atoms with Crippen LogP contribution in [0.25, 0.3) is 0 Å². The molecule has 0 aliphatic heterocycles. The smallest absolute Gasteiger partial charge is 0.125 e. The molecule has 114 valence electrons. The lowest BCUT2D eigenvalue weighted by Crippen LogP contribution is -2.95. The molecule has 0 aliphatic carbocycles. The summed E-state index contributed by atoms with van der Waals surface area (Å²) in [6.45, 7) is 13.5. The Balaban J connectivity index is 2.22. The molecule has 0 radical (unpaired) electrons. The van der Waals surface area contributed by atoms with E-state index in [0.29, 0.717) is 13.2 Å². The van der Waals surface area contributed by atoms with E-state index in [4.69, 9.17) is 21.1 Å². The van der Waals surface area contributed by atoms with Crippen molar-refractivity contribution in [2.24, 2.45) is 0 Å². The minimum Gasteiger partial charge on any atom is -0.491 e. The zero-order chi connectivity index (χ0) is 15.2. The highest BCUT2D eigenvalue weighted by Crippen LogP contribution is 2.26. The van der Waals surface area contributed by atoms with Crippen LogP contribution in [-0.4, -0.2) is 31.9 Å². The van der Waals surface area contributed by atoms with E-state index in [2.05, 4.69) is 26.1 Å². The van der Waals surface area contributed by atoms with Crippen LogP contribution in [-0.2, 0) is 4.74 Å². The number of halogens is 1. The van der Waals surface area contributed by atoms with Gasteiger partial charge in [0.25, 0.3) is 0 Å². The number of hydrogen-bond donors (Lipinski definition) is 1. The summed E-state index contributed by atoms with van der Waals surface area (Å²) in [5.74, 6) is 0.916. The van der Waals surface area contributed by atoms with Gasteiger partial charge in [0.2, 0.25) is 0 Å². The molecule has 1 rings (SSSR count). The quantitative estimate of drug-likeness (QED) is 0.786. The summed E-state index contributed by atoms with van der Waals surface area (Å²) in [5.41, 5.74) is 2.39. The number of aryl methyl sites for hydroxylation is 2. The predicted molar refractivity (Wildman–Crippen MR) is 83.8 cm³/mol. The minimum atomic E-state index is 0.261. The molecule has 0 atom stereocenters. The summed E-state index contributed by atoms with van der Waals surface area (Å²) in [6.07, 6.45) is 0. The molecule has 2 N–H and O–H groups in total. The summed E-state index contributed by atoms with van der Waals surface area (Å²) in [6, 6.07) is 3.84. The van der Waals surface area contributed by atoms with Gasteiger partial charge in [-0.3, -0.25) is 0 Å². The van der Waals surface area contributed by atoms with Gasteiger partial charge < -0.3 is 14.8 Å². The van der Waals surface area contributed by atoms with Crippen LogP contribution in [0, 0.1) is 13.8 Å². The highest BCUT2D eigenvalue weighted by atomic mass is 35.5. The first-order valence-electron chi connectivity index (χ1n) is 7.11. The summed E-state index contributed by atoms with van der Waals surface area (Å²) in [4.78, 5) is 0. The first-order valence-corrected chi connectivity index (χ1v) is 7.49. The molecule has 0 saturated carbocycles. The van der Waals surface area contributed by atoms with Crippen molar-refractivity contribution in [1.82, 2.24) is 0 Å². The van der Waals surface area contributed by atoms with Crippen LogP contribution in [0.5, 0.6) is 5.75 Å². The Labute approximate surface area is 127 Å². The molecule has 4 heteroatoms. The van der Waals surface area contributed by atoms with Crippen molar-refractivity contribution >= 4 is 11.6 Å². The Morgan fingerprint density at radius 2 is 1.65 bits per heavy atom. The molecule has 3 nitrogen and oxygen atoms in total. The van der Waals surface area contributed by atoms with E-state index in [-0.39, 0.29) is 5.54 Å². The van der Waals surface area contributed by atoms with Crippen LogP contribution in [0.4, 0.5) is 0 Å². The molecule has 0 saturated heterocycles. The fraction of sp³-hybridized carbons (Fsp3) is 0.625. The number of nitrogens with two attached hydrogens (primary N) is 1. The van der Waals surface area contributed by atoms with Crippen molar-refractivity contribution < 1.29 is 14.8 Å². The normalized spacial score (nSPS) is 11.7. The topological polar surface area (TPSA) is 35.1 Å². The highest BCUT2D eigenvalue weighted by molar-refractivity contribution is 6.30. The number of quaternary nitrogens is 1. The van der Waals surface area contributed by atoms with Gasteiger partial charge in [-0.25, -0.2) is 0 Å². The van der Waals surface area contributed by atoms with Gasteiger partial charge in [0.15, 0.2) is 0 Å². The molecule has 0 fully saturated rings. The van der Waals surface area contributed by atoms with Crippen molar-refractivity contribution in [1.29, 1.82) is 0 Å². The van der Waals surface area contributed by atoms with Crippen LogP contribution in [0.3, 0.4) is 0 Å². The Bertz CT molecular complexity index is 404. The predicted octanol–water partition coefficient (Wildman–Crippen LogP) is 2.71. The van der Waals surface area contributed by atoms with Gasteiger partial charge in [-0.05, 0) is 57.9 Å². The van der Waals surface area contributed by atoms with E-state index in [1.54, 1.807) is 0 Å². The Morgan fingerprint density at radius 3 is 2.20 bits per heavy atom. The minimum absolute atomic E-state index is 0.261. The average Bonchev–Trinajstić information content (AvgIpc) is 2.29. The molecule has 1 aromatic carbocycles. The zero-order valence-corrected chi connectivity index (χ0v) is 14.0. The Hall–Kier alpha value is -0.770. The van der Waals surface area contributed by atoms with E-state index in [9.17, 15) is 0 Å². The summed E-state index contributed by atoms with van der Waals surface area (Å²) in [5, 5.41) is 3.03. The second-order valence-electron chi connectivity index (χ2n) is 6.19. The van der Waals surface area contributed by atoms with Crippen LogP contribution >= 0.6 is 11.6 Å². The van der Waals surface area contributed by atoms with Crippen molar-refractivity contribution in [3.63, 3.8) is 0 Å². The molecular formula is C16H27ClNO2+. The van der Waals surface area contributed by atoms with Crippen LogP contribution in [0.1, 0.15) is 31.9 Å². The maximum atomic E-state index is 5.99. The van der Waals surface area contributed by atoms with Crippen molar-refractivity contribution in [2.45, 2.75) is 40.2 Å². The Morgan fingerprint density at radius 1 is 1.05 bits per heavy atom. The van der Waals surface area contributed by atoms with Gasteiger partial charge in [0.05, 0.1) is 25.3 Å². The SMILES string of the molecule is Cc1cc(Cl)cc(C)c1OCCOCC[NH2+]C(C)(C)C. The maximum Gasteiger partial charge on any atom is 0.125 e. The van der Waals surface area contributed by atoms with E-state index in [1.165, 1.54) is 0 Å². The van der Waals surface area contributed by atoms with Crippen LogP contribution < -0.4 is 10.1 Å². The van der Waals surface area contributed by atoms with E-state index < -0.39 is 0 Å². The molecule has 0 spiro atoms. The van der Waals surface area contributed by atoms with Gasteiger partial charge in [-0.1, -0.05) is 11.6 Å². The molecule has 1 aromatic rings. The van der Waals surface area contributed by atoms with Crippen LogP contribution in [0.15, 0.2) is 12.1 Å². The third-order valence-electron chi connectivity index (χ3n) is 2.92. The van der Waals surface area contributed by atoms with E-state index in [1.807, 2.05) is 26.0 Å². The second-order valence-corrected chi connectivity index (χ2v) is 6.62. The lowest BCUT2D eigenvalue weighted by atomic mass is 10.1. The third kappa shape index (κ3) is 6.60. The molecule has 0 unspecified atom stereocenters. The first kappa shape index (κ1) is 17.3. The lowest BCUT2D eigenvalue weighted by molar-refractivity contribution is -0.718. The van der Waals surface area contributed by atoms with Gasteiger partial charge in [-0.2, -0.15) is 0 Å². The molecule has 0 aromatic heterocycles. The van der Waals surface area contributed by atoms with Gasteiger partial charge in [0, 0.05) is 5.02 Å². The molecule has 0 bridgehead atoms. The number of benzene rings is 1. The second kappa shape index (κ2) is 7.87. The standard InChI is InChI=1S/C16H26ClNO2/c1-12-10-14(17)11-13(2)15(12)20-9-8-19-7-6-18-16(3,4)5/h10-11,18H,6-9H2,1-5H3/p+1. The van der Waals surface area contributed by atoms with Gasteiger partial charge >= 0.3 is 0 Å². The number of ether oxygens (including phenoxy) is 2. The number of rotatable bonds is 7. The van der Waals surface area contributed by atoms with Crippen molar-refractivity contribution in [3.05, 3.63) is 28.3 Å². The Kier molecular flexibility index (Phi) is 6.80. The third-order valence-corrected chi connectivity index (χ3v) is 3.14. The maximum absolute atomic E-state index is 5.99. The fourth-order valence-corrected chi connectivity index (χ4v) is 2.33. The number of hydrogen-bond acceptors (Lipinski definition) is 2. The van der Waals surface area contributed by atoms with Crippen molar-refractivity contribution in [3.8, 4) is 5.75 Å². The molecule has 0 amide bonds.